The Kier molecular flexibility index (Phi) is 2.82. The number of nitrogen functional groups attached to an aromatic ring is 1. The summed E-state index contributed by atoms with van der Waals surface area (Å²) in [5.41, 5.74) is 7.97. The molecule has 1 aliphatic carbocycles. The van der Waals surface area contributed by atoms with Crippen LogP contribution in [0, 0.1) is 5.92 Å². The lowest BCUT2D eigenvalue weighted by atomic mass is 10.1. The van der Waals surface area contributed by atoms with E-state index in [9.17, 15) is 0 Å². The zero-order valence-electron chi connectivity index (χ0n) is 10.7. The highest BCUT2D eigenvalue weighted by molar-refractivity contribution is 6.00. The summed E-state index contributed by atoms with van der Waals surface area (Å²) in [4.78, 5) is 4.20. The van der Waals surface area contributed by atoms with Crippen molar-refractivity contribution in [3.8, 4) is 0 Å². The summed E-state index contributed by atoms with van der Waals surface area (Å²) in [6.45, 7) is 2.25. The first-order valence-electron chi connectivity index (χ1n) is 6.68. The minimum atomic E-state index is 0.636. The largest absolute Gasteiger partial charge is 0.398 e. The first kappa shape index (κ1) is 11.3. The summed E-state index contributed by atoms with van der Waals surface area (Å²) >= 11 is 0. The van der Waals surface area contributed by atoms with Crippen LogP contribution in [0.5, 0.6) is 0 Å². The smallest absolute Gasteiger partial charge is 0.0439 e. The molecule has 0 spiro atoms. The van der Waals surface area contributed by atoms with Gasteiger partial charge in [-0.2, -0.15) is 0 Å². The molecule has 1 heterocycles. The zero-order valence-corrected chi connectivity index (χ0v) is 10.7. The van der Waals surface area contributed by atoms with Crippen molar-refractivity contribution < 1.29 is 0 Å². The van der Waals surface area contributed by atoms with E-state index in [1.54, 1.807) is 6.20 Å². The summed E-state index contributed by atoms with van der Waals surface area (Å²) in [6, 6.07) is 6.66. The van der Waals surface area contributed by atoms with Crippen LogP contribution in [0.15, 0.2) is 30.6 Å². The molecule has 0 saturated heterocycles. The van der Waals surface area contributed by atoms with Crippen LogP contribution in [0.3, 0.4) is 0 Å². The van der Waals surface area contributed by atoms with Gasteiger partial charge < -0.3 is 11.1 Å². The second-order valence-corrected chi connectivity index (χ2v) is 5.16. The van der Waals surface area contributed by atoms with E-state index in [0.717, 1.165) is 28.1 Å². The summed E-state index contributed by atoms with van der Waals surface area (Å²) in [7, 11) is 0. The average molecular weight is 241 g/mol. The van der Waals surface area contributed by atoms with Crippen molar-refractivity contribution in [3.05, 3.63) is 30.6 Å². The van der Waals surface area contributed by atoms with Gasteiger partial charge in [-0.1, -0.05) is 13.3 Å². The monoisotopic (exact) mass is 241 g/mol. The van der Waals surface area contributed by atoms with Crippen LogP contribution in [-0.4, -0.2) is 11.0 Å². The Morgan fingerprint density at radius 3 is 3.06 bits per heavy atom. The Hall–Kier alpha value is -1.77. The molecule has 3 nitrogen and oxygen atoms in total. The van der Waals surface area contributed by atoms with Gasteiger partial charge in [-0.25, -0.2) is 0 Å². The first-order valence-corrected chi connectivity index (χ1v) is 6.68. The van der Waals surface area contributed by atoms with Crippen molar-refractivity contribution in [2.45, 2.75) is 32.2 Å². The van der Waals surface area contributed by atoms with E-state index in [1.807, 2.05) is 18.3 Å². The number of fused-ring (bicyclic) bond motifs is 1. The van der Waals surface area contributed by atoms with Crippen molar-refractivity contribution in [1.29, 1.82) is 0 Å². The van der Waals surface area contributed by atoms with Crippen molar-refractivity contribution >= 4 is 22.1 Å². The lowest BCUT2D eigenvalue weighted by molar-refractivity contribution is 0.693. The number of nitrogens with one attached hydrogen (secondary N) is 1. The highest BCUT2D eigenvalue weighted by Gasteiger charge is 2.36. The van der Waals surface area contributed by atoms with E-state index in [2.05, 4.69) is 23.3 Å². The van der Waals surface area contributed by atoms with Gasteiger partial charge in [-0.05, 0) is 37.0 Å². The number of anilines is 2. The fourth-order valence-corrected chi connectivity index (χ4v) is 2.65. The molecule has 0 amide bonds. The number of aromatic nitrogens is 1. The number of nitrogens with zero attached hydrogens (tertiary/aromatic N) is 1. The summed E-state index contributed by atoms with van der Waals surface area (Å²) in [6.07, 6.45) is 7.57. The van der Waals surface area contributed by atoms with Crippen LogP contribution in [-0.2, 0) is 0 Å². The zero-order chi connectivity index (χ0) is 12.5. The third-order valence-electron chi connectivity index (χ3n) is 3.77. The van der Waals surface area contributed by atoms with Crippen LogP contribution in [0.25, 0.3) is 10.8 Å². The molecule has 1 saturated carbocycles. The molecule has 1 aromatic heterocycles. The number of hydrogen-bond donors (Lipinski definition) is 2. The molecule has 3 N–H and O–H groups in total. The molecule has 3 heteroatoms. The lowest BCUT2D eigenvalue weighted by Gasteiger charge is -2.10. The van der Waals surface area contributed by atoms with Gasteiger partial charge in [0, 0.05) is 40.6 Å². The molecule has 1 aromatic carbocycles. The Balaban J connectivity index is 1.87. The predicted molar refractivity (Wildman–Crippen MR) is 76.6 cm³/mol. The molecule has 1 fully saturated rings. The van der Waals surface area contributed by atoms with Crippen LogP contribution in [0.4, 0.5) is 11.4 Å². The number of nitrogens with two attached hydrogens (primary N) is 1. The van der Waals surface area contributed by atoms with Gasteiger partial charge in [0.15, 0.2) is 0 Å². The highest BCUT2D eigenvalue weighted by Crippen LogP contribution is 2.39. The minimum Gasteiger partial charge on any atom is -0.398 e. The SMILES string of the molecule is CCCC1CC1Nc1ccc(N)c2ccncc12. The van der Waals surface area contributed by atoms with Gasteiger partial charge in [-0.3, -0.25) is 4.98 Å². The highest BCUT2D eigenvalue weighted by atomic mass is 15.0. The van der Waals surface area contributed by atoms with Crippen LogP contribution in [0.1, 0.15) is 26.2 Å². The molecule has 1 aliphatic rings. The molecule has 0 bridgehead atoms. The fraction of sp³-hybridized carbons (Fsp3) is 0.400. The number of pyridine rings is 1. The molecular formula is C15H19N3. The van der Waals surface area contributed by atoms with E-state index >= 15 is 0 Å². The van der Waals surface area contributed by atoms with Crippen LogP contribution in [0.2, 0.25) is 0 Å². The Morgan fingerprint density at radius 1 is 1.33 bits per heavy atom. The van der Waals surface area contributed by atoms with Gasteiger partial charge >= 0.3 is 0 Å². The van der Waals surface area contributed by atoms with E-state index < -0.39 is 0 Å². The van der Waals surface area contributed by atoms with Crippen molar-refractivity contribution in [3.63, 3.8) is 0 Å². The first-order chi connectivity index (χ1) is 8.79. The summed E-state index contributed by atoms with van der Waals surface area (Å²) in [5, 5.41) is 5.84. The Labute approximate surface area is 107 Å². The minimum absolute atomic E-state index is 0.636. The normalized spacial score (nSPS) is 22.1. The van der Waals surface area contributed by atoms with E-state index in [1.165, 1.54) is 19.3 Å². The second-order valence-electron chi connectivity index (χ2n) is 5.16. The molecule has 2 atom stereocenters. The molecule has 2 aromatic rings. The molecule has 3 rings (SSSR count). The van der Waals surface area contributed by atoms with Gasteiger partial charge in [-0.15, -0.1) is 0 Å². The topological polar surface area (TPSA) is 50.9 Å². The quantitative estimate of drug-likeness (QED) is 0.806. The van der Waals surface area contributed by atoms with Crippen molar-refractivity contribution in [2.24, 2.45) is 5.92 Å². The second kappa shape index (κ2) is 4.48. The van der Waals surface area contributed by atoms with E-state index in [-0.39, 0.29) is 0 Å². The van der Waals surface area contributed by atoms with Gasteiger partial charge in [0.25, 0.3) is 0 Å². The molecule has 0 radical (unpaired) electrons. The summed E-state index contributed by atoms with van der Waals surface area (Å²) < 4.78 is 0. The third kappa shape index (κ3) is 2.01. The number of hydrogen-bond acceptors (Lipinski definition) is 3. The van der Waals surface area contributed by atoms with Crippen molar-refractivity contribution in [1.82, 2.24) is 4.98 Å². The standard InChI is InChI=1S/C15H19N3/c1-2-3-10-8-15(10)18-14-5-4-13(16)11-6-7-17-9-12(11)14/h4-7,9-10,15,18H,2-3,8,16H2,1H3. The molecular weight excluding hydrogens is 222 g/mol. The Bertz CT molecular complexity index is 565. The lowest BCUT2D eigenvalue weighted by Crippen LogP contribution is -2.05. The maximum absolute atomic E-state index is 5.99. The maximum atomic E-state index is 5.99. The van der Waals surface area contributed by atoms with Gasteiger partial charge in [0.1, 0.15) is 0 Å². The number of rotatable bonds is 4. The molecule has 2 unspecified atom stereocenters. The molecule has 18 heavy (non-hydrogen) atoms. The van der Waals surface area contributed by atoms with Gasteiger partial charge in [0.2, 0.25) is 0 Å². The molecule has 94 valence electrons. The average Bonchev–Trinajstić information content (AvgIpc) is 3.12. The Morgan fingerprint density at radius 2 is 2.22 bits per heavy atom. The predicted octanol–water partition coefficient (Wildman–Crippen LogP) is 3.42. The van der Waals surface area contributed by atoms with E-state index in [4.69, 9.17) is 5.73 Å². The maximum Gasteiger partial charge on any atom is 0.0439 e. The fourth-order valence-electron chi connectivity index (χ4n) is 2.65. The number of benzene rings is 1. The van der Waals surface area contributed by atoms with Gasteiger partial charge in [0.05, 0.1) is 0 Å². The molecule has 0 aliphatic heterocycles. The van der Waals surface area contributed by atoms with Crippen LogP contribution < -0.4 is 11.1 Å². The van der Waals surface area contributed by atoms with Crippen molar-refractivity contribution in [2.75, 3.05) is 11.1 Å². The summed E-state index contributed by atoms with van der Waals surface area (Å²) in [5.74, 6) is 0.847. The third-order valence-corrected chi connectivity index (χ3v) is 3.77. The van der Waals surface area contributed by atoms with Crippen LogP contribution >= 0.6 is 0 Å². The van der Waals surface area contributed by atoms with E-state index in [0.29, 0.717) is 6.04 Å².